The van der Waals surface area contributed by atoms with Crippen LogP contribution in [0.3, 0.4) is 0 Å². The topological polar surface area (TPSA) is 32.8 Å². The van der Waals surface area contributed by atoms with Gasteiger partial charge in [0.2, 0.25) is 0 Å². The largest absolute Gasteiger partial charge is 0.484 e. The highest BCUT2D eigenvalue weighted by molar-refractivity contribution is 5.98. The molecule has 3 rings (SSSR count). The first-order valence-electron chi connectivity index (χ1n) is 7.14. The molecule has 1 aliphatic heterocycles. The second-order valence-electron chi connectivity index (χ2n) is 5.20. The van der Waals surface area contributed by atoms with Gasteiger partial charge < -0.3 is 14.5 Å². The number of carbonyl (C=O) groups is 1. The molecule has 0 unspecified atom stereocenters. The van der Waals surface area contributed by atoms with E-state index in [-0.39, 0.29) is 18.3 Å². The van der Waals surface area contributed by atoms with Crippen LogP contribution in [-0.4, -0.2) is 32.7 Å². The molecule has 0 bridgehead atoms. The summed E-state index contributed by atoms with van der Waals surface area (Å²) in [5, 5.41) is 0. The fourth-order valence-electron chi connectivity index (χ4n) is 2.52. The predicted molar refractivity (Wildman–Crippen MR) is 84.0 cm³/mol. The number of fused-ring (bicyclic) bond motifs is 1. The number of hydrogen-bond donors (Lipinski definition) is 0. The maximum atomic E-state index is 12.8. The third-order valence-electron chi connectivity index (χ3n) is 3.72. The zero-order valence-corrected chi connectivity index (χ0v) is 12.3. The number of anilines is 2. The van der Waals surface area contributed by atoms with Crippen LogP contribution in [0.5, 0.6) is 5.75 Å². The molecule has 0 N–H and O–H groups in total. The second kappa shape index (κ2) is 6.05. The second-order valence-corrected chi connectivity index (χ2v) is 5.20. The Balaban J connectivity index is 1.70. The zero-order valence-electron chi connectivity index (χ0n) is 12.3. The lowest BCUT2D eigenvalue weighted by Crippen LogP contribution is -2.44. The van der Waals surface area contributed by atoms with Crippen molar-refractivity contribution in [1.29, 1.82) is 0 Å². The summed E-state index contributed by atoms with van der Waals surface area (Å²) in [5.74, 6) is 0.0497. The Morgan fingerprint density at radius 2 is 1.77 bits per heavy atom. The number of nitrogens with zero attached hydrogens (tertiary/aromatic N) is 2. The van der Waals surface area contributed by atoms with E-state index in [2.05, 4.69) is 4.90 Å². The number of carbonyl (C=O) groups excluding carboxylic acids is 1. The van der Waals surface area contributed by atoms with Gasteiger partial charge in [0.1, 0.15) is 11.6 Å². The van der Waals surface area contributed by atoms with E-state index >= 15 is 0 Å². The lowest BCUT2D eigenvalue weighted by Gasteiger charge is -2.35. The van der Waals surface area contributed by atoms with Gasteiger partial charge in [0.15, 0.2) is 6.61 Å². The summed E-state index contributed by atoms with van der Waals surface area (Å²) in [5.41, 5.74) is 1.92. The van der Waals surface area contributed by atoms with Crippen LogP contribution in [0.4, 0.5) is 15.8 Å². The van der Waals surface area contributed by atoms with E-state index in [0.717, 1.165) is 17.9 Å². The molecular weight excluding hydrogens is 283 g/mol. The van der Waals surface area contributed by atoms with Crippen LogP contribution < -0.4 is 14.5 Å². The van der Waals surface area contributed by atoms with Crippen molar-refractivity contribution < 1.29 is 13.9 Å². The van der Waals surface area contributed by atoms with Crippen molar-refractivity contribution in [2.45, 2.75) is 0 Å². The molecule has 5 heteroatoms. The van der Waals surface area contributed by atoms with Gasteiger partial charge in [-0.05, 0) is 36.4 Å². The summed E-state index contributed by atoms with van der Waals surface area (Å²) in [6.07, 6.45) is 0. The molecular formula is C17H17FN2O2. The summed E-state index contributed by atoms with van der Waals surface area (Å²) >= 11 is 0. The van der Waals surface area contributed by atoms with Crippen molar-refractivity contribution in [3.8, 4) is 5.75 Å². The minimum Gasteiger partial charge on any atom is -0.484 e. The molecule has 22 heavy (non-hydrogen) atoms. The first kappa shape index (κ1) is 14.4. The molecule has 0 radical (unpaired) electrons. The van der Waals surface area contributed by atoms with Crippen molar-refractivity contribution in [3.63, 3.8) is 0 Å². The lowest BCUT2D eigenvalue weighted by atomic mass is 10.1. The molecule has 0 saturated heterocycles. The number of benzene rings is 2. The Labute approximate surface area is 128 Å². The highest BCUT2D eigenvalue weighted by Gasteiger charge is 2.24. The Bertz CT molecular complexity index is 673. The molecule has 0 aromatic heterocycles. The standard InChI is InChI=1S/C17H17FN2O2/c1-19-10-11-20(16-5-3-2-4-15(16)19)17(21)12-22-14-8-6-13(18)7-9-14/h2-9H,10-12H2,1H3. The van der Waals surface area contributed by atoms with E-state index in [4.69, 9.17) is 4.74 Å². The molecule has 2 aromatic carbocycles. The lowest BCUT2D eigenvalue weighted by molar-refractivity contribution is -0.120. The van der Waals surface area contributed by atoms with Crippen LogP contribution in [0.2, 0.25) is 0 Å². The predicted octanol–water partition coefficient (Wildman–Crippen LogP) is 2.69. The van der Waals surface area contributed by atoms with Gasteiger partial charge in [-0.3, -0.25) is 4.79 Å². The van der Waals surface area contributed by atoms with Crippen molar-refractivity contribution in [2.24, 2.45) is 0 Å². The Kier molecular flexibility index (Phi) is 3.96. The fraction of sp³-hybridized carbons (Fsp3) is 0.235. The molecule has 1 aliphatic rings. The number of ether oxygens (including phenoxy) is 1. The third-order valence-corrected chi connectivity index (χ3v) is 3.72. The molecule has 1 heterocycles. The number of halogens is 1. The van der Waals surface area contributed by atoms with E-state index in [1.165, 1.54) is 24.3 Å². The van der Waals surface area contributed by atoms with Gasteiger partial charge in [0.05, 0.1) is 11.4 Å². The number of amides is 1. The van der Waals surface area contributed by atoms with E-state index in [1.54, 1.807) is 4.90 Å². The highest BCUT2D eigenvalue weighted by atomic mass is 19.1. The maximum absolute atomic E-state index is 12.8. The normalized spacial score (nSPS) is 13.7. The van der Waals surface area contributed by atoms with Crippen molar-refractivity contribution in [2.75, 3.05) is 36.5 Å². The van der Waals surface area contributed by atoms with Gasteiger partial charge in [-0.25, -0.2) is 4.39 Å². The number of hydrogen-bond acceptors (Lipinski definition) is 3. The van der Waals surface area contributed by atoms with E-state index in [0.29, 0.717) is 12.3 Å². The summed E-state index contributed by atoms with van der Waals surface area (Å²) in [6, 6.07) is 13.4. The Morgan fingerprint density at radius 1 is 1.09 bits per heavy atom. The van der Waals surface area contributed by atoms with Gasteiger partial charge >= 0.3 is 0 Å². The highest BCUT2D eigenvalue weighted by Crippen LogP contribution is 2.31. The number of para-hydroxylation sites is 2. The van der Waals surface area contributed by atoms with E-state index in [1.807, 2.05) is 31.3 Å². The van der Waals surface area contributed by atoms with Gasteiger partial charge in [-0.15, -0.1) is 0 Å². The Hall–Kier alpha value is -2.56. The van der Waals surface area contributed by atoms with Crippen molar-refractivity contribution >= 4 is 17.3 Å². The van der Waals surface area contributed by atoms with Gasteiger partial charge in [0.25, 0.3) is 5.91 Å². The number of likely N-dealkylation sites (N-methyl/N-ethyl adjacent to an activating group) is 1. The van der Waals surface area contributed by atoms with Crippen LogP contribution in [0.25, 0.3) is 0 Å². The molecule has 114 valence electrons. The molecule has 0 saturated carbocycles. The summed E-state index contributed by atoms with van der Waals surface area (Å²) in [4.78, 5) is 16.3. The van der Waals surface area contributed by atoms with Gasteiger partial charge in [-0.2, -0.15) is 0 Å². The Morgan fingerprint density at radius 3 is 2.50 bits per heavy atom. The first-order chi connectivity index (χ1) is 10.6. The number of rotatable bonds is 3. The summed E-state index contributed by atoms with van der Waals surface area (Å²) in [6.45, 7) is 1.34. The summed E-state index contributed by atoms with van der Waals surface area (Å²) in [7, 11) is 2.01. The van der Waals surface area contributed by atoms with Crippen LogP contribution in [0.15, 0.2) is 48.5 Å². The van der Waals surface area contributed by atoms with Crippen molar-refractivity contribution in [1.82, 2.24) is 0 Å². The molecule has 0 spiro atoms. The SMILES string of the molecule is CN1CCN(C(=O)COc2ccc(F)cc2)c2ccccc21. The van der Waals surface area contributed by atoms with E-state index in [9.17, 15) is 9.18 Å². The fourth-order valence-corrected chi connectivity index (χ4v) is 2.52. The average Bonchev–Trinajstić information content (AvgIpc) is 2.55. The van der Waals surface area contributed by atoms with Crippen LogP contribution in [-0.2, 0) is 4.79 Å². The smallest absolute Gasteiger partial charge is 0.265 e. The van der Waals surface area contributed by atoms with Crippen LogP contribution in [0.1, 0.15) is 0 Å². The molecule has 0 fully saturated rings. The van der Waals surface area contributed by atoms with Crippen LogP contribution in [0, 0.1) is 5.82 Å². The van der Waals surface area contributed by atoms with Gasteiger partial charge in [0, 0.05) is 20.1 Å². The molecule has 0 aliphatic carbocycles. The minimum absolute atomic E-state index is 0.0658. The van der Waals surface area contributed by atoms with Crippen LogP contribution >= 0.6 is 0 Å². The average molecular weight is 300 g/mol. The molecule has 0 atom stereocenters. The van der Waals surface area contributed by atoms with Gasteiger partial charge in [-0.1, -0.05) is 12.1 Å². The quantitative estimate of drug-likeness (QED) is 0.873. The molecule has 2 aromatic rings. The van der Waals surface area contributed by atoms with Crippen molar-refractivity contribution in [3.05, 3.63) is 54.3 Å². The monoisotopic (exact) mass is 300 g/mol. The minimum atomic E-state index is -0.327. The first-order valence-corrected chi connectivity index (χ1v) is 7.14. The maximum Gasteiger partial charge on any atom is 0.265 e. The zero-order chi connectivity index (χ0) is 15.5. The molecule has 1 amide bonds. The summed E-state index contributed by atoms with van der Waals surface area (Å²) < 4.78 is 18.3. The molecule has 4 nitrogen and oxygen atoms in total. The third kappa shape index (κ3) is 2.88. The van der Waals surface area contributed by atoms with E-state index < -0.39 is 0 Å².